The number of phenolic OH excluding ortho intramolecular Hbond substituents is 1. The molecule has 1 heterocycles. The lowest BCUT2D eigenvalue weighted by molar-refractivity contribution is -0.137. The summed E-state index contributed by atoms with van der Waals surface area (Å²) >= 11 is 6.43. The number of hydrogen-bond acceptors (Lipinski definition) is 6. The molecule has 0 spiro atoms. The van der Waals surface area contributed by atoms with E-state index in [9.17, 15) is 23.1 Å². The number of benzene rings is 3. The molecule has 0 aliphatic carbocycles. The average molecular weight is 486 g/mol. The molecule has 1 N–H and O–H groups in total. The molecular weight excluding hydrogens is 471 g/mol. The zero-order valence-electron chi connectivity index (χ0n) is 16.7. The minimum Gasteiger partial charge on any atom is -0.507 e. The molecule has 3 aromatic carbocycles. The van der Waals surface area contributed by atoms with Crippen LogP contribution in [0.4, 0.5) is 30.2 Å². The lowest BCUT2D eigenvalue weighted by Crippen LogP contribution is -2.27. The van der Waals surface area contributed by atoms with Crippen LogP contribution in [0.5, 0.6) is 5.75 Å². The maximum Gasteiger partial charge on any atom is 0.416 e. The first-order valence-corrected chi connectivity index (χ1v) is 10.7. The van der Waals surface area contributed by atoms with Crippen molar-refractivity contribution in [1.82, 2.24) is 0 Å². The van der Waals surface area contributed by atoms with Crippen LogP contribution in [0, 0.1) is 0 Å². The summed E-state index contributed by atoms with van der Waals surface area (Å²) in [5.74, 6) is -0.426. The van der Waals surface area contributed by atoms with Crippen molar-refractivity contribution in [2.24, 2.45) is 10.2 Å². The van der Waals surface area contributed by atoms with E-state index in [1.54, 1.807) is 24.3 Å². The van der Waals surface area contributed by atoms with E-state index in [1.807, 2.05) is 6.07 Å². The Balaban J connectivity index is 1.60. The zero-order valence-corrected chi connectivity index (χ0v) is 18.3. The molecule has 166 valence electrons. The standard InChI is InChI=1S/C23H14F3N3O2S2/c24-23(25,26)15-5-4-6-16(13-15)27-28-17-9-10-19(30)14(11-17)12-20-21(31)29(22(32)33-20)18-7-2-1-3-8-18/h1-13,30H/b20-12-,28-27?. The van der Waals surface area contributed by atoms with Gasteiger partial charge in [-0.15, -0.1) is 0 Å². The second-order valence-corrected chi connectivity index (χ2v) is 8.52. The molecule has 1 saturated heterocycles. The topological polar surface area (TPSA) is 65.3 Å². The van der Waals surface area contributed by atoms with Gasteiger partial charge in [-0.3, -0.25) is 9.69 Å². The van der Waals surface area contributed by atoms with Crippen LogP contribution in [0.3, 0.4) is 0 Å². The second-order valence-electron chi connectivity index (χ2n) is 6.84. The Labute approximate surface area is 196 Å². The fraction of sp³-hybridized carbons (Fsp3) is 0.0435. The Morgan fingerprint density at radius 1 is 0.939 bits per heavy atom. The van der Waals surface area contributed by atoms with Crippen molar-refractivity contribution in [2.45, 2.75) is 6.18 Å². The third-order valence-corrected chi connectivity index (χ3v) is 5.86. The number of aromatic hydroxyl groups is 1. The van der Waals surface area contributed by atoms with Gasteiger partial charge in [0.25, 0.3) is 5.91 Å². The summed E-state index contributed by atoms with van der Waals surface area (Å²) in [6, 6.07) is 17.7. The van der Waals surface area contributed by atoms with Crippen molar-refractivity contribution in [2.75, 3.05) is 4.90 Å². The number of para-hydroxylation sites is 1. The van der Waals surface area contributed by atoms with Crippen LogP contribution < -0.4 is 4.90 Å². The van der Waals surface area contributed by atoms with Crippen LogP contribution in [0.25, 0.3) is 6.08 Å². The van der Waals surface area contributed by atoms with E-state index in [0.717, 1.165) is 23.9 Å². The predicted octanol–water partition coefficient (Wildman–Crippen LogP) is 7.23. The quantitative estimate of drug-likeness (QED) is 0.240. The molecule has 0 atom stereocenters. The molecular formula is C23H14F3N3O2S2. The number of anilines is 1. The Morgan fingerprint density at radius 3 is 2.33 bits per heavy atom. The van der Waals surface area contributed by atoms with Crippen molar-refractivity contribution < 1.29 is 23.1 Å². The van der Waals surface area contributed by atoms with Crippen LogP contribution in [0.15, 0.2) is 87.9 Å². The molecule has 1 aliphatic rings. The van der Waals surface area contributed by atoms with Gasteiger partial charge in [0.05, 0.1) is 27.5 Å². The monoisotopic (exact) mass is 485 g/mol. The molecule has 5 nitrogen and oxygen atoms in total. The SMILES string of the molecule is O=C1/C(=C/c2cc(N=Nc3cccc(C(F)(F)F)c3)ccc2O)SC(=S)N1c1ccccc1. The van der Waals surface area contributed by atoms with Crippen LogP contribution >= 0.6 is 24.0 Å². The molecule has 1 fully saturated rings. The Bertz CT molecular complexity index is 1290. The summed E-state index contributed by atoms with van der Waals surface area (Å²) in [5.41, 5.74) is 0.421. The van der Waals surface area contributed by atoms with Crippen molar-refractivity contribution in [1.29, 1.82) is 0 Å². The molecule has 4 rings (SSSR count). The normalized spacial score (nSPS) is 15.7. The fourth-order valence-corrected chi connectivity index (χ4v) is 4.28. The number of azo groups is 1. The Morgan fingerprint density at radius 2 is 1.64 bits per heavy atom. The van der Waals surface area contributed by atoms with Crippen molar-refractivity contribution in [3.8, 4) is 5.75 Å². The number of carbonyl (C=O) groups excluding carboxylic acids is 1. The summed E-state index contributed by atoms with van der Waals surface area (Å²) in [6.07, 6.45) is -3.00. The van der Waals surface area contributed by atoms with Crippen LogP contribution in [-0.2, 0) is 11.0 Å². The number of phenols is 1. The maximum atomic E-state index is 12.9. The van der Waals surface area contributed by atoms with Gasteiger partial charge in [-0.05, 0) is 54.6 Å². The zero-order chi connectivity index (χ0) is 23.6. The summed E-state index contributed by atoms with van der Waals surface area (Å²) in [7, 11) is 0. The average Bonchev–Trinajstić information content (AvgIpc) is 3.07. The fourth-order valence-electron chi connectivity index (χ4n) is 2.99. The Kier molecular flexibility index (Phi) is 6.30. The molecule has 3 aromatic rings. The van der Waals surface area contributed by atoms with Crippen LogP contribution in [-0.4, -0.2) is 15.3 Å². The van der Waals surface area contributed by atoms with Gasteiger partial charge in [0.1, 0.15) is 5.75 Å². The molecule has 10 heteroatoms. The highest BCUT2D eigenvalue weighted by atomic mass is 32.2. The van der Waals surface area contributed by atoms with Gasteiger partial charge in [0.15, 0.2) is 4.32 Å². The number of hydrogen-bond donors (Lipinski definition) is 1. The highest BCUT2D eigenvalue weighted by Crippen LogP contribution is 2.38. The minimum atomic E-state index is -4.48. The summed E-state index contributed by atoms with van der Waals surface area (Å²) in [5, 5.41) is 18.0. The lowest BCUT2D eigenvalue weighted by Gasteiger charge is -2.13. The Hall–Kier alpha value is -3.50. The molecule has 1 amide bonds. The third kappa shape index (κ3) is 5.12. The highest BCUT2D eigenvalue weighted by molar-refractivity contribution is 8.27. The molecule has 0 saturated carbocycles. The molecule has 0 radical (unpaired) electrons. The first kappa shape index (κ1) is 22.7. The highest BCUT2D eigenvalue weighted by Gasteiger charge is 2.33. The van der Waals surface area contributed by atoms with Crippen LogP contribution in [0.1, 0.15) is 11.1 Å². The van der Waals surface area contributed by atoms with Crippen LogP contribution in [0.2, 0.25) is 0 Å². The predicted molar refractivity (Wildman–Crippen MR) is 126 cm³/mol. The number of rotatable bonds is 4. The number of alkyl halides is 3. The number of amides is 1. The molecule has 33 heavy (non-hydrogen) atoms. The van der Waals surface area contributed by atoms with Gasteiger partial charge < -0.3 is 5.11 Å². The van der Waals surface area contributed by atoms with E-state index >= 15 is 0 Å². The van der Waals surface area contributed by atoms with Gasteiger partial charge in [0.2, 0.25) is 0 Å². The number of carbonyl (C=O) groups is 1. The van der Waals surface area contributed by atoms with Gasteiger partial charge in [-0.1, -0.05) is 48.2 Å². The van der Waals surface area contributed by atoms with E-state index in [1.165, 1.54) is 41.3 Å². The summed E-state index contributed by atoms with van der Waals surface area (Å²) < 4.78 is 39.0. The largest absolute Gasteiger partial charge is 0.507 e. The first-order chi connectivity index (χ1) is 15.7. The number of thioether (sulfide) groups is 1. The summed E-state index contributed by atoms with van der Waals surface area (Å²) in [6.45, 7) is 0. The molecule has 0 unspecified atom stereocenters. The number of thiocarbonyl (C=S) groups is 1. The number of halogens is 3. The van der Waals surface area contributed by atoms with Crippen molar-refractivity contribution >= 4 is 57.3 Å². The van der Waals surface area contributed by atoms with E-state index in [2.05, 4.69) is 10.2 Å². The molecule has 0 aromatic heterocycles. The lowest BCUT2D eigenvalue weighted by atomic mass is 10.1. The summed E-state index contributed by atoms with van der Waals surface area (Å²) in [4.78, 5) is 14.6. The van der Waals surface area contributed by atoms with Gasteiger partial charge in [-0.25, -0.2) is 0 Å². The van der Waals surface area contributed by atoms with E-state index in [-0.39, 0.29) is 23.0 Å². The van der Waals surface area contributed by atoms with Crippen molar-refractivity contribution in [3.05, 3.63) is 88.8 Å². The van der Waals surface area contributed by atoms with E-state index in [0.29, 0.717) is 20.5 Å². The maximum absolute atomic E-state index is 12.9. The van der Waals surface area contributed by atoms with Gasteiger partial charge in [-0.2, -0.15) is 23.4 Å². The van der Waals surface area contributed by atoms with Gasteiger partial charge >= 0.3 is 6.18 Å². The molecule has 0 bridgehead atoms. The molecule has 1 aliphatic heterocycles. The van der Waals surface area contributed by atoms with Gasteiger partial charge in [0, 0.05) is 5.56 Å². The van der Waals surface area contributed by atoms with E-state index < -0.39 is 11.7 Å². The second kappa shape index (κ2) is 9.16. The third-order valence-electron chi connectivity index (χ3n) is 4.56. The van der Waals surface area contributed by atoms with Crippen molar-refractivity contribution in [3.63, 3.8) is 0 Å². The smallest absolute Gasteiger partial charge is 0.416 e. The van der Waals surface area contributed by atoms with E-state index in [4.69, 9.17) is 12.2 Å². The first-order valence-electron chi connectivity index (χ1n) is 9.47. The number of nitrogens with zero attached hydrogens (tertiary/aromatic N) is 3. The minimum absolute atomic E-state index is 0.0307.